The van der Waals surface area contributed by atoms with Crippen molar-refractivity contribution in [2.24, 2.45) is 0 Å². The number of halogens is 3. The van der Waals surface area contributed by atoms with Crippen LogP contribution in [0, 0.1) is 5.82 Å². The summed E-state index contributed by atoms with van der Waals surface area (Å²) >= 11 is 13.1. The zero-order valence-electron chi connectivity index (χ0n) is 12.2. The fraction of sp³-hybridized carbons (Fsp3) is 0.0588. The summed E-state index contributed by atoms with van der Waals surface area (Å²) in [4.78, 5) is 16.6. The standard InChI is InChI=1S/C17H11Cl2FN2OS/c18-13-7-14(19)15(20)6-12(13)16(23)21-8-11-9-24-17(22-11)10-4-2-1-3-5-10/h1-7,9H,8H2,(H,21,23). The van der Waals surface area contributed by atoms with Gasteiger partial charge in [0, 0.05) is 10.9 Å². The maximum atomic E-state index is 13.5. The molecule has 0 radical (unpaired) electrons. The van der Waals surface area contributed by atoms with Crippen LogP contribution in [0.15, 0.2) is 47.8 Å². The first kappa shape index (κ1) is 16.9. The molecule has 2 aromatic carbocycles. The molecule has 0 saturated heterocycles. The number of thiazole rings is 1. The van der Waals surface area contributed by atoms with Crippen molar-refractivity contribution in [1.29, 1.82) is 0 Å². The largest absolute Gasteiger partial charge is 0.346 e. The lowest BCUT2D eigenvalue weighted by atomic mass is 10.2. The number of hydrogen-bond donors (Lipinski definition) is 1. The monoisotopic (exact) mass is 380 g/mol. The van der Waals surface area contributed by atoms with E-state index in [4.69, 9.17) is 23.2 Å². The van der Waals surface area contributed by atoms with Crippen LogP contribution < -0.4 is 5.32 Å². The maximum absolute atomic E-state index is 13.5. The zero-order valence-corrected chi connectivity index (χ0v) is 14.6. The average molecular weight is 381 g/mol. The van der Waals surface area contributed by atoms with Crippen LogP contribution in [0.2, 0.25) is 10.0 Å². The third-order valence-corrected chi connectivity index (χ3v) is 4.80. The lowest BCUT2D eigenvalue weighted by molar-refractivity contribution is 0.0950. The Morgan fingerprint density at radius 3 is 2.67 bits per heavy atom. The van der Waals surface area contributed by atoms with Gasteiger partial charge >= 0.3 is 0 Å². The predicted molar refractivity (Wildman–Crippen MR) is 95.1 cm³/mol. The van der Waals surface area contributed by atoms with Gasteiger partial charge in [0.1, 0.15) is 10.8 Å². The van der Waals surface area contributed by atoms with Crippen LogP contribution in [0.3, 0.4) is 0 Å². The Kier molecular flexibility index (Phi) is 5.14. The smallest absolute Gasteiger partial charge is 0.253 e. The van der Waals surface area contributed by atoms with Gasteiger partial charge in [0.05, 0.1) is 27.8 Å². The molecule has 3 nitrogen and oxygen atoms in total. The third-order valence-electron chi connectivity index (χ3n) is 3.26. The number of nitrogens with one attached hydrogen (secondary N) is 1. The molecule has 0 aliphatic rings. The molecule has 1 aromatic heterocycles. The number of benzene rings is 2. The average Bonchev–Trinajstić information content (AvgIpc) is 3.06. The number of amides is 1. The fourth-order valence-electron chi connectivity index (χ4n) is 2.06. The van der Waals surface area contributed by atoms with E-state index in [1.54, 1.807) is 0 Å². The Hall–Kier alpha value is -1.95. The van der Waals surface area contributed by atoms with Crippen LogP contribution >= 0.6 is 34.5 Å². The van der Waals surface area contributed by atoms with Crippen LogP contribution in [-0.2, 0) is 6.54 Å². The molecule has 7 heteroatoms. The SMILES string of the molecule is O=C(NCc1csc(-c2ccccc2)n1)c1cc(F)c(Cl)cc1Cl. The molecule has 3 rings (SSSR count). The Bertz CT molecular complexity index is 884. The van der Waals surface area contributed by atoms with Gasteiger partial charge in [0.15, 0.2) is 0 Å². The summed E-state index contributed by atoms with van der Waals surface area (Å²) in [5, 5.41) is 5.39. The summed E-state index contributed by atoms with van der Waals surface area (Å²) in [7, 11) is 0. The molecule has 0 atom stereocenters. The van der Waals surface area contributed by atoms with E-state index in [1.807, 2.05) is 35.7 Å². The van der Waals surface area contributed by atoms with Crippen molar-refractivity contribution in [1.82, 2.24) is 10.3 Å². The van der Waals surface area contributed by atoms with Crippen molar-refractivity contribution >= 4 is 40.4 Å². The first-order valence-corrected chi connectivity index (χ1v) is 8.60. The van der Waals surface area contributed by atoms with Gasteiger partial charge in [0.2, 0.25) is 0 Å². The van der Waals surface area contributed by atoms with Gasteiger partial charge in [-0.1, -0.05) is 53.5 Å². The van der Waals surface area contributed by atoms with Crippen LogP contribution in [0.1, 0.15) is 16.1 Å². The van der Waals surface area contributed by atoms with Gasteiger partial charge in [0.25, 0.3) is 5.91 Å². The molecular weight excluding hydrogens is 370 g/mol. The van der Waals surface area contributed by atoms with Crippen molar-refractivity contribution in [3.8, 4) is 10.6 Å². The molecule has 1 heterocycles. The van der Waals surface area contributed by atoms with Gasteiger partial charge in [-0.2, -0.15) is 0 Å². The molecule has 0 saturated carbocycles. The first-order chi connectivity index (χ1) is 11.5. The number of aromatic nitrogens is 1. The van der Waals surface area contributed by atoms with E-state index in [9.17, 15) is 9.18 Å². The Morgan fingerprint density at radius 2 is 1.92 bits per heavy atom. The van der Waals surface area contributed by atoms with E-state index in [0.717, 1.165) is 22.3 Å². The molecule has 24 heavy (non-hydrogen) atoms. The Labute approximate surface area is 152 Å². The number of hydrogen-bond acceptors (Lipinski definition) is 3. The quantitative estimate of drug-likeness (QED) is 0.633. The van der Waals surface area contributed by atoms with Gasteiger partial charge in [-0.15, -0.1) is 11.3 Å². The van der Waals surface area contributed by atoms with E-state index < -0.39 is 11.7 Å². The van der Waals surface area contributed by atoms with E-state index in [2.05, 4.69) is 10.3 Å². The van der Waals surface area contributed by atoms with Gasteiger partial charge in [-0.05, 0) is 12.1 Å². The van der Waals surface area contributed by atoms with E-state index >= 15 is 0 Å². The molecule has 3 aromatic rings. The third kappa shape index (κ3) is 3.75. The molecular formula is C17H11Cl2FN2OS. The lowest BCUT2D eigenvalue weighted by Crippen LogP contribution is -2.23. The summed E-state index contributed by atoms with van der Waals surface area (Å²) in [5.41, 5.74) is 1.78. The highest BCUT2D eigenvalue weighted by atomic mass is 35.5. The van der Waals surface area contributed by atoms with Crippen LogP contribution in [0.4, 0.5) is 4.39 Å². The second-order valence-electron chi connectivity index (χ2n) is 4.94. The Balaban J connectivity index is 1.69. The van der Waals surface area contributed by atoms with Crippen molar-refractivity contribution in [3.05, 3.63) is 75.0 Å². The van der Waals surface area contributed by atoms with Gasteiger partial charge in [-0.3, -0.25) is 4.79 Å². The molecule has 1 amide bonds. The van der Waals surface area contributed by atoms with E-state index in [-0.39, 0.29) is 22.2 Å². The van der Waals surface area contributed by atoms with Gasteiger partial charge < -0.3 is 5.32 Å². The van der Waals surface area contributed by atoms with Crippen LogP contribution in [-0.4, -0.2) is 10.9 Å². The minimum absolute atomic E-state index is 0.0390. The summed E-state index contributed by atoms with van der Waals surface area (Å²) in [6.07, 6.45) is 0. The minimum atomic E-state index is -0.689. The summed E-state index contributed by atoms with van der Waals surface area (Å²) in [5.74, 6) is -1.17. The highest BCUT2D eigenvalue weighted by Gasteiger charge is 2.14. The molecule has 0 aliphatic carbocycles. The van der Waals surface area contributed by atoms with E-state index in [0.29, 0.717) is 0 Å². The number of nitrogens with zero attached hydrogens (tertiary/aromatic N) is 1. The number of carbonyl (C=O) groups is 1. The van der Waals surface area contributed by atoms with Crippen LogP contribution in [0.25, 0.3) is 10.6 Å². The molecule has 0 spiro atoms. The highest BCUT2D eigenvalue weighted by molar-refractivity contribution is 7.13. The first-order valence-electron chi connectivity index (χ1n) is 6.97. The molecule has 122 valence electrons. The normalized spacial score (nSPS) is 10.6. The fourth-order valence-corrected chi connectivity index (χ4v) is 3.36. The summed E-state index contributed by atoms with van der Waals surface area (Å²) < 4.78 is 13.5. The number of carbonyl (C=O) groups excluding carboxylic acids is 1. The molecule has 0 unspecified atom stereocenters. The predicted octanol–water partition coefficient (Wildman–Crippen LogP) is 5.19. The van der Waals surface area contributed by atoms with E-state index in [1.165, 1.54) is 17.4 Å². The molecule has 1 N–H and O–H groups in total. The van der Waals surface area contributed by atoms with Crippen molar-refractivity contribution in [2.75, 3.05) is 0 Å². The van der Waals surface area contributed by atoms with Crippen molar-refractivity contribution in [3.63, 3.8) is 0 Å². The summed E-state index contributed by atoms with van der Waals surface area (Å²) in [6.45, 7) is 0.225. The topological polar surface area (TPSA) is 42.0 Å². The van der Waals surface area contributed by atoms with Crippen LogP contribution in [0.5, 0.6) is 0 Å². The van der Waals surface area contributed by atoms with Gasteiger partial charge in [-0.25, -0.2) is 9.37 Å². The van der Waals surface area contributed by atoms with Crippen molar-refractivity contribution < 1.29 is 9.18 Å². The Morgan fingerprint density at radius 1 is 1.17 bits per heavy atom. The minimum Gasteiger partial charge on any atom is -0.346 e. The second-order valence-corrected chi connectivity index (χ2v) is 6.61. The molecule has 0 fully saturated rings. The molecule has 0 aliphatic heterocycles. The number of rotatable bonds is 4. The summed E-state index contributed by atoms with van der Waals surface area (Å²) in [6, 6.07) is 12.0. The lowest BCUT2D eigenvalue weighted by Gasteiger charge is -2.06. The maximum Gasteiger partial charge on any atom is 0.253 e. The van der Waals surface area contributed by atoms with Crippen molar-refractivity contribution in [2.45, 2.75) is 6.54 Å². The second kappa shape index (κ2) is 7.30. The highest BCUT2D eigenvalue weighted by Crippen LogP contribution is 2.25. The zero-order chi connectivity index (χ0) is 17.1. The molecule has 0 bridgehead atoms.